The third-order valence-corrected chi connectivity index (χ3v) is 4.62. The molecule has 1 aromatic carbocycles. The van der Waals surface area contributed by atoms with Crippen LogP contribution in [0, 0.1) is 11.3 Å². The molecule has 0 saturated carbocycles. The molecule has 16 heavy (non-hydrogen) atoms. The number of nitrogens with zero attached hydrogens (tertiary/aromatic N) is 1. The van der Waals surface area contributed by atoms with E-state index in [-0.39, 0.29) is 0 Å². The van der Waals surface area contributed by atoms with Gasteiger partial charge in [0.15, 0.2) is 0 Å². The SMILES string of the molecule is CC1CC(C#N)(Nc2ccc(Br)cc2)CS1. The van der Waals surface area contributed by atoms with Crippen LogP contribution in [0.25, 0.3) is 0 Å². The second kappa shape index (κ2) is 4.68. The summed E-state index contributed by atoms with van der Waals surface area (Å²) < 4.78 is 1.05. The van der Waals surface area contributed by atoms with E-state index in [2.05, 4.69) is 34.2 Å². The standard InChI is InChI=1S/C12H13BrN2S/c1-9-6-12(7-14,8-16-9)15-11-4-2-10(13)3-5-11/h2-5,9,15H,6,8H2,1H3. The highest BCUT2D eigenvalue weighted by atomic mass is 79.9. The largest absolute Gasteiger partial charge is 0.367 e. The normalized spacial score (nSPS) is 28.7. The molecular weight excluding hydrogens is 284 g/mol. The highest BCUT2D eigenvalue weighted by Crippen LogP contribution is 2.36. The molecule has 2 unspecified atom stereocenters. The first-order valence-electron chi connectivity index (χ1n) is 5.20. The molecular formula is C12H13BrN2S. The minimum Gasteiger partial charge on any atom is -0.367 e. The average Bonchev–Trinajstić information content (AvgIpc) is 2.64. The number of nitrogens with one attached hydrogen (secondary N) is 1. The van der Waals surface area contributed by atoms with Gasteiger partial charge in [0.2, 0.25) is 0 Å². The molecule has 1 saturated heterocycles. The lowest BCUT2D eigenvalue weighted by Gasteiger charge is -2.23. The average molecular weight is 297 g/mol. The monoisotopic (exact) mass is 296 g/mol. The maximum atomic E-state index is 9.32. The number of hydrogen-bond acceptors (Lipinski definition) is 3. The van der Waals surface area contributed by atoms with Crippen LogP contribution in [-0.2, 0) is 0 Å². The molecule has 1 aliphatic rings. The van der Waals surface area contributed by atoms with Crippen molar-refractivity contribution >= 4 is 33.4 Å². The number of rotatable bonds is 2. The zero-order valence-corrected chi connectivity index (χ0v) is 11.4. The van der Waals surface area contributed by atoms with Gasteiger partial charge in [0.25, 0.3) is 0 Å². The summed E-state index contributed by atoms with van der Waals surface area (Å²) in [5, 5.41) is 13.2. The smallest absolute Gasteiger partial charge is 0.135 e. The molecule has 1 aliphatic heterocycles. The van der Waals surface area contributed by atoms with Gasteiger partial charge in [-0.2, -0.15) is 17.0 Å². The Morgan fingerprint density at radius 3 is 2.69 bits per heavy atom. The summed E-state index contributed by atoms with van der Waals surface area (Å²) in [5.41, 5.74) is 0.622. The molecule has 1 N–H and O–H groups in total. The van der Waals surface area contributed by atoms with Crippen molar-refractivity contribution < 1.29 is 0 Å². The van der Waals surface area contributed by atoms with E-state index in [0.29, 0.717) is 5.25 Å². The Morgan fingerprint density at radius 1 is 1.50 bits per heavy atom. The Bertz CT molecular complexity index is 412. The van der Waals surface area contributed by atoms with Crippen LogP contribution in [0.4, 0.5) is 5.69 Å². The second-order valence-electron chi connectivity index (χ2n) is 4.15. The van der Waals surface area contributed by atoms with Gasteiger partial charge in [-0.25, -0.2) is 0 Å². The predicted molar refractivity (Wildman–Crippen MR) is 72.6 cm³/mol. The van der Waals surface area contributed by atoms with Gasteiger partial charge >= 0.3 is 0 Å². The van der Waals surface area contributed by atoms with Crippen molar-refractivity contribution in [2.75, 3.05) is 11.1 Å². The molecule has 2 nitrogen and oxygen atoms in total. The maximum absolute atomic E-state index is 9.32. The third-order valence-electron chi connectivity index (χ3n) is 2.69. The van der Waals surface area contributed by atoms with Gasteiger partial charge in [-0.3, -0.25) is 0 Å². The number of halogens is 1. The lowest BCUT2D eigenvalue weighted by Crippen LogP contribution is -2.36. The fraction of sp³-hybridized carbons (Fsp3) is 0.417. The van der Waals surface area contributed by atoms with E-state index in [9.17, 15) is 5.26 Å². The Labute approximate surface area is 109 Å². The van der Waals surface area contributed by atoms with E-state index in [4.69, 9.17) is 0 Å². The van der Waals surface area contributed by atoms with E-state index in [1.165, 1.54) is 0 Å². The quantitative estimate of drug-likeness (QED) is 0.905. The van der Waals surface area contributed by atoms with Crippen LogP contribution >= 0.6 is 27.7 Å². The minimum atomic E-state index is -0.391. The molecule has 1 aromatic rings. The fourth-order valence-electron chi connectivity index (χ4n) is 1.90. The summed E-state index contributed by atoms with van der Waals surface area (Å²) in [6.07, 6.45) is 0.907. The molecule has 1 heterocycles. The van der Waals surface area contributed by atoms with Crippen molar-refractivity contribution in [3.05, 3.63) is 28.7 Å². The van der Waals surface area contributed by atoms with Gasteiger partial charge in [0, 0.05) is 21.2 Å². The van der Waals surface area contributed by atoms with Crippen molar-refractivity contribution in [2.24, 2.45) is 0 Å². The first-order valence-corrected chi connectivity index (χ1v) is 7.04. The third kappa shape index (κ3) is 2.53. The van der Waals surface area contributed by atoms with Crippen LogP contribution < -0.4 is 5.32 Å². The van der Waals surface area contributed by atoms with E-state index in [1.807, 2.05) is 36.0 Å². The van der Waals surface area contributed by atoms with Crippen LogP contribution in [-0.4, -0.2) is 16.5 Å². The number of hydrogen-bond donors (Lipinski definition) is 1. The van der Waals surface area contributed by atoms with Crippen molar-refractivity contribution in [1.29, 1.82) is 5.26 Å². The summed E-state index contributed by atoms with van der Waals surface area (Å²) in [4.78, 5) is 0. The van der Waals surface area contributed by atoms with Crippen molar-refractivity contribution in [3.8, 4) is 6.07 Å². The molecule has 0 amide bonds. The van der Waals surface area contributed by atoms with Gasteiger partial charge in [-0.05, 0) is 30.7 Å². The highest BCUT2D eigenvalue weighted by molar-refractivity contribution is 9.10. The van der Waals surface area contributed by atoms with Gasteiger partial charge in [-0.1, -0.05) is 22.9 Å². The van der Waals surface area contributed by atoms with Crippen LogP contribution in [0.3, 0.4) is 0 Å². The molecule has 0 aliphatic carbocycles. The molecule has 0 aromatic heterocycles. The fourth-order valence-corrected chi connectivity index (χ4v) is 3.39. The highest BCUT2D eigenvalue weighted by Gasteiger charge is 2.38. The topological polar surface area (TPSA) is 35.8 Å². The van der Waals surface area contributed by atoms with E-state index < -0.39 is 5.54 Å². The molecule has 84 valence electrons. The summed E-state index contributed by atoms with van der Waals surface area (Å²) in [6, 6.07) is 10.4. The Balaban J connectivity index is 2.14. The van der Waals surface area contributed by atoms with Gasteiger partial charge in [-0.15, -0.1) is 0 Å². The van der Waals surface area contributed by atoms with Crippen LogP contribution in [0.5, 0.6) is 0 Å². The summed E-state index contributed by atoms with van der Waals surface area (Å²) >= 11 is 5.26. The summed E-state index contributed by atoms with van der Waals surface area (Å²) in [6.45, 7) is 2.17. The summed E-state index contributed by atoms with van der Waals surface area (Å²) in [5.74, 6) is 0.862. The number of anilines is 1. The van der Waals surface area contributed by atoms with Crippen molar-refractivity contribution in [3.63, 3.8) is 0 Å². The first kappa shape index (κ1) is 11.8. The number of thioether (sulfide) groups is 1. The van der Waals surface area contributed by atoms with Crippen molar-refractivity contribution in [1.82, 2.24) is 0 Å². The molecule has 2 rings (SSSR count). The molecule has 0 radical (unpaired) electrons. The van der Waals surface area contributed by atoms with Crippen LogP contribution in [0.2, 0.25) is 0 Å². The summed E-state index contributed by atoms with van der Waals surface area (Å²) in [7, 11) is 0. The Morgan fingerprint density at radius 2 is 2.19 bits per heavy atom. The number of benzene rings is 1. The number of nitriles is 1. The molecule has 0 spiro atoms. The Hall–Kier alpha value is -0.660. The lowest BCUT2D eigenvalue weighted by atomic mass is 9.98. The van der Waals surface area contributed by atoms with Gasteiger partial charge in [0.05, 0.1) is 6.07 Å². The van der Waals surface area contributed by atoms with Gasteiger partial charge in [0.1, 0.15) is 5.54 Å². The predicted octanol–water partition coefficient (Wildman–Crippen LogP) is 3.65. The van der Waals surface area contributed by atoms with E-state index >= 15 is 0 Å². The van der Waals surface area contributed by atoms with E-state index in [1.54, 1.807) is 0 Å². The first-order chi connectivity index (χ1) is 7.63. The van der Waals surface area contributed by atoms with Gasteiger partial charge < -0.3 is 5.32 Å². The maximum Gasteiger partial charge on any atom is 0.135 e. The van der Waals surface area contributed by atoms with Crippen LogP contribution in [0.1, 0.15) is 13.3 Å². The Kier molecular flexibility index (Phi) is 3.46. The minimum absolute atomic E-state index is 0.391. The molecule has 0 bridgehead atoms. The molecule has 1 fully saturated rings. The van der Waals surface area contributed by atoms with Crippen molar-refractivity contribution in [2.45, 2.75) is 24.1 Å². The zero-order chi connectivity index (χ0) is 11.6. The molecule has 2 atom stereocenters. The zero-order valence-electron chi connectivity index (χ0n) is 9.03. The van der Waals surface area contributed by atoms with Crippen LogP contribution in [0.15, 0.2) is 28.7 Å². The second-order valence-corrected chi connectivity index (χ2v) is 6.49. The van der Waals surface area contributed by atoms with E-state index in [0.717, 1.165) is 22.3 Å². The lowest BCUT2D eigenvalue weighted by molar-refractivity contribution is 0.626. The molecule has 4 heteroatoms.